The van der Waals surface area contributed by atoms with Crippen LogP contribution in [0.3, 0.4) is 0 Å². The number of alkyl halides is 1. The number of amides is 2. The molecule has 22 heavy (non-hydrogen) atoms. The van der Waals surface area contributed by atoms with Crippen molar-refractivity contribution < 1.29 is 9.59 Å². The Kier molecular flexibility index (Phi) is 6.25. The Balaban J connectivity index is 2.07. The zero-order chi connectivity index (χ0) is 15.9. The number of nitrogens with zero attached hydrogens (tertiary/aromatic N) is 1. The van der Waals surface area contributed by atoms with Gasteiger partial charge in [-0.05, 0) is 37.3 Å². The third-order valence-electron chi connectivity index (χ3n) is 4.04. The third kappa shape index (κ3) is 4.47. The Labute approximate surface area is 136 Å². The van der Waals surface area contributed by atoms with E-state index in [9.17, 15) is 9.59 Å². The van der Waals surface area contributed by atoms with Crippen LogP contribution in [-0.4, -0.2) is 35.7 Å². The van der Waals surface area contributed by atoms with Gasteiger partial charge in [0.2, 0.25) is 5.91 Å². The molecule has 0 bridgehead atoms. The lowest BCUT2D eigenvalue weighted by Crippen LogP contribution is -2.38. The van der Waals surface area contributed by atoms with Crippen molar-refractivity contribution in [2.75, 3.05) is 24.3 Å². The lowest BCUT2D eigenvalue weighted by atomic mass is 9.98. The van der Waals surface area contributed by atoms with Gasteiger partial charge in [0.25, 0.3) is 5.91 Å². The summed E-state index contributed by atoms with van der Waals surface area (Å²) in [6.07, 6.45) is 3.08. The fourth-order valence-electron chi connectivity index (χ4n) is 2.60. The average Bonchev–Trinajstić information content (AvgIpc) is 2.53. The Morgan fingerprint density at radius 2 is 1.95 bits per heavy atom. The largest absolute Gasteiger partial charge is 0.339 e. The number of para-hydroxylation sites is 1. The quantitative estimate of drug-likeness (QED) is 0.843. The Hall–Kier alpha value is -1.55. The van der Waals surface area contributed by atoms with Gasteiger partial charge in [0.15, 0.2) is 0 Å². The molecule has 1 heterocycles. The van der Waals surface area contributed by atoms with Crippen molar-refractivity contribution in [2.24, 2.45) is 5.92 Å². The normalized spacial score (nSPS) is 15.6. The lowest BCUT2D eigenvalue weighted by molar-refractivity contribution is -0.116. The number of nitrogens with one attached hydrogen (secondary N) is 1. The maximum absolute atomic E-state index is 12.7. The number of carbonyl (C=O) groups excluding carboxylic acids is 2. The van der Waals surface area contributed by atoms with Crippen LogP contribution in [0.25, 0.3) is 0 Å². The highest BCUT2D eigenvalue weighted by Crippen LogP contribution is 2.22. The molecule has 1 aliphatic rings. The van der Waals surface area contributed by atoms with E-state index in [4.69, 9.17) is 11.6 Å². The third-order valence-corrected chi connectivity index (χ3v) is 4.31. The second-order valence-electron chi connectivity index (χ2n) is 5.86. The van der Waals surface area contributed by atoms with Gasteiger partial charge in [0.05, 0.1) is 11.3 Å². The molecule has 120 valence electrons. The first-order valence-electron chi connectivity index (χ1n) is 7.86. The summed E-state index contributed by atoms with van der Waals surface area (Å²) in [5.74, 6) is 1.03. The first-order chi connectivity index (χ1) is 10.6. The number of rotatable bonds is 5. The van der Waals surface area contributed by atoms with Gasteiger partial charge in [-0.3, -0.25) is 9.59 Å². The minimum atomic E-state index is -0.104. The minimum Gasteiger partial charge on any atom is -0.339 e. The summed E-state index contributed by atoms with van der Waals surface area (Å²) in [5, 5.41) is 2.83. The van der Waals surface area contributed by atoms with E-state index in [2.05, 4.69) is 12.2 Å². The molecule has 0 unspecified atom stereocenters. The van der Waals surface area contributed by atoms with E-state index in [-0.39, 0.29) is 11.8 Å². The summed E-state index contributed by atoms with van der Waals surface area (Å²) < 4.78 is 0. The van der Waals surface area contributed by atoms with Gasteiger partial charge in [-0.25, -0.2) is 0 Å². The van der Waals surface area contributed by atoms with E-state index >= 15 is 0 Å². The van der Waals surface area contributed by atoms with E-state index in [1.54, 1.807) is 12.1 Å². The number of hydrogen-bond acceptors (Lipinski definition) is 2. The highest BCUT2D eigenvalue weighted by atomic mass is 35.5. The second kappa shape index (κ2) is 8.18. The summed E-state index contributed by atoms with van der Waals surface area (Å²) >= 11 is 5.60. The standard InChI is InChI=1S/C17H23ClN2O2/c1-13-8-11-20(12-9-13)17(22)14-5-2-3-6-15(14)19-16(21)7-4-10-18/h2-3,5-6,13H,4,7-12H2,1H3,(H,19,21). The molecular weight excluding hydrogens is 300 g/mol. The van der Waals surface area contributed by atoms with Gasteiger partial charge >= 0.3 is 0 Å². The lowest BCUT2D eigenvalue weighted by Gasteiger charge is -2.30. The summed E-state index contributed by atoms with van der Waals surface area (Å²) in [6.45, 7) is 3.79. The van der Waals surface area contributed by atoms with Crippen molar-refractivity contribution in [1.82, 2.24) is 4.90 Å². The summed E-state index contributed by atoms with van der Waals surface area (Å²) in [5.41, 5.74) is 1.15. The second-order valence-corrected chi connectivity index (χ2v) is 6.24. The van der Waals surface area contributed by atoms with Crippen LogP contribution < -0.4 is 5.32 Å². The fraction of sp³-hybridized carbons (Fsp3) is 0.529. The Morgan fingerprint density at radius 3 is 2.64 bits per heavy atom. The van der Waals surface area contributed by atoms with E-state index < -0.39 is 0 Å². The van der Waals surface area contributed by atoms with Crippen LogP contribution in [0, 0.1) is 5.92 Å². The van der Waals surface area contributed by atoms with Crippen molar-refractivity contribution in [3.63, 3.8) is 0 Å². The number of hydrogen-bond donors (Lipinski definition) is 1. The van der Waals surface area contributed by atoms with Crippen LogP contribution in [-0.2, 0) is 4.79 Å². The number of halogens is 1. The molecule has 0 radical (unpaired) electrons. The minimum absolute atomic E-state index is 0.000133. The molecule has 1 aromatic rings. The molecule has 4 nitrogen and oxygen atoms in total. The molecular formula is C17H23ClN2O2. The predicted molar refractivity (Wildman–Crippen MR) is 89.3 cm³/mol. The molecule has 2 rings (SSSR count). The highest BCUT2D eigenvalue weighted by molar-refractivity contribution is 6.18. The Morgan fingerprint density at radius 1 is 1.27 bits per heavy atom. The monoisotopic (exact) mass is 322 g/mol. The van der Waals surface area contributed by atoms with Gasteiger partial charge in [-0.2, -0.15) is 0 Å². The molecule has 1 saturated heterocycles. The molecule has 0 atom stereocenters. The van der Waals surface area contributed by atoms with E-state index in [0.29, 0.717) is 35.9 Å². The van der Waals surface area contributed by atoms with E-state index in [1.165, 1.54) is 0 Å². The zero-order valence-electron chi connectivity index (χ0n) is 13.0. The van der Waals surface area contributed by atoms with Crippen molar-refractivity contribution >= 4 is 29.1 Å². The summed E-state index contributed by atoms with van der Waals surface area (Å²) in [7, 11) is 0. The average molecular weight is 323 g/mol. The molecule has 0 saturated carbocycles. The molecule has 0 spiro atoms. The number of piperidine rings is 1. The van der Waals surface area contributed by atoms with Crippen LogP contribution >= 0.6 is 11.6 Å². The topological polar surface area (TPSA) is 49.4 Å². The maximum Gasteiger partial charge on any atom is 0.255 e. The van der Waals surface area contributed by atoms with E-state index in [0.717, 1.165) is 25.9 Å². The molecule has 5 heteroatoms. The van der Waals surface area contributed by atoms with Gasteiger partial charge in [-0.15, -0.1) is 11.6 Å². The number of anilines is 1. The van der Waals surface area contributed by atoms with Crippen molar-refractivity contribution in [1.29, 1.82) is 0 Å². The number of benzene rings is 1. The zero-order valence-corrected chi connectivity index (χ0v) is 13.7. The van der Waals surface area contributed by atoms with Crippen LogP contribution in [0.5, 0.6) is 0 Å². The van der Waals surface area contributed by atoms with E-state index in [1.807, 2.05) is 17.0 Å². The van der Waals surface area contributed by atoms with Crippen molar-refractivity contribution in [3.8, 4) is 0 Å². The van der Waals surface area contributed by atoms with Crippen molar-refractivity contribution in [3.05, 3.63) is 29.8 Å². The van der Waals surface area contributed by atoms with Crippen LogP contribution in [0.2, 0.25) is 0 Å². The first-order valence-corrected chi connectivity index (χ1v) is 8.39. The SMILES string of the molecule is CC1CCN(C(=O)c2ccccc2NC(=O)CCCCl)CC1. The van der Waals surface area contributed by atoms with Crippen LogP contribution in [0.1, 0.15) is 43.0 Å². The molecule has 1 aliphatic heterocycles. The smallest absolute Gasteiger partial charge is 0.255 e. The molecule has 1 N–H and O–H groups in total. The molecule has 1 fully saturated rings. The number of carbonyl (C=O) groups is 2. The predicted octanol–water partition coefficient (Wildman–Crippen LogP) is 3.52. The van der Waals surface area contributed by atoms with Crippen LogP contribution in [0.4, 0.5) is 5.69 Å². The summed E-state index contributed by atoms with van der Waals surface area (Å²) in [4.78, 5) is 26.4. The Bertz CT molecular complexity index is 525. The maximum atomic E-state index is 12.7. The van der Waals surface area contributed by atoms with Gasteiger partial charge in [0, 0.05) is 25.4 Å². The molecule has 0 aliphatic carbocycles. The molecule has 1 aromatic carbocycles. The molecule has 2 amide bonds. The fourth-order valence-corrected chi connectivity index (χ4v) is 2.73. The molecule has 0 aromatic heterocycles. The van der Waals surface area contributed by atoms with Gasteiger partial charge < -0.3 is 10.2 Å². The first kappa shape index (κ1) is 16.8. The number of likely N-dealkylation sites (tertiary alicyclic amines) is 1. The van der Waals surface area contributed by atoms with Gasteiger partial charge in [-0.1, -0.05) is 19.1 Å². The van der Waals surface area contributed by atoms with Crippen molar-refractivity contribution in [2.45, 2.75) is 32.6 Å². The van der Waals surface area contributed by atoms with Gasteiger partial charge in [0.1, 0.15) is 0 Å². The van der Waals surface area contributed by atoms with Crippen LogP contribution in [0.15, 0.2) is 24.3 Å². The summed E-state index contributed by atoms with van der Waals surface area (Å²) in [6, 6.07) is 7.20. The highest BCUT2D eigenvalue weighted by Gasteiger charge is 2.23.